The minimum absolute atomic E-state index is 0.340. The molecule has 0 N–H and O–H groups in total. The number of allylic oxidation sites excluding steroid dienone is 1. The maximum atomic E-state index is 11.9. The van der Waals surface area contributed by atoms with Crippen molar-refractivity contribution in [1.82, 2.24) is 0 Å². The molecular formula is C16H14O2. The first-order chi connectivity index (χ1) is 8.81. The van der Waals surface area contributed by atoms with E-state index in [1.54, 1.807) is 18.2 Å². The van der Waals surface area contributed by atoms with Crippen LogP contribution >= 0.6 is 0 Å². The Hall–Kier alpha value is -2.35. The second-order valence-electron chi connectivity index (χ2n) is 3.77. The van der Waals surface area contributed by atoms with Gasteiger partial charge < -0.3 is 4.74 Å². The summed E-state index contributed by atoms with van der Waals surface area (Å²) < 4.78 is 5.39. The molecule has 2 rings (SSSR count). The van der Waals surface area contributed by atoms with Crippen LogP contribution in [0.15, 0.2) is 66.7 Å². The van der Waals surface area contributed by atoms with Gasteiger partial charge in [-0.1, -0.05) is 48.5 Å². The number of carbonyl (C=O) groups excluding carboxylic acids is 1. The summed E-state index contributed by atoms with van der Waals surface area (Å²) in [5.41, 5.74) is 1.44. The summed E-state index contributed by atoms with van der Waals surface area (Å²) in [6.07, 6.45) is 1.79. The van der Waals surface area contributed by atoms with Gasteiger partial charge >= 0.3 is 5.97 Å². The summed E-state index contributed by atoms with van der Waals surface area (Å²) in [6, 6.07) is 18.5. The predicted molar refractivity (Wildman–Crippen MR) is 72.0 cm³/mol. The van der Waals surface area contributed by atoms with Gasteiger partial charge in [0.1, 0.15) is 5.76 Å². The van der Waals surface area contributed by atoms with E-state index in [0.29, 0.717) is 11.3 Å². The van der Waals surface area contributed by atoms with Gasteiger partial charge in [-0.15, -0.1) is 0 Å². The van der Waals surface area contributed by atoms with Crippen molar-refractivity contribution < 1.29 is 9.53 Å². The quantitative estimate of drug-likeness (QED) is 0.598. The molecule has 0 saturated heterocycles. The highest BCUT2D eigenvalue weighted by Gasteiger charge is 2.10. The zero-order chi connectivity index (χ0) is 12.8. The second kappa shape index (κ2) is 5.82. The van der Waals surface area contributed by atoms with Crippen LogP contribution in [0.25, 0.3) is 5.76 Å². The molecule has 18 heavy (non-hydrogen) atoms. The van der Waals surface area contributed by atoms with Crippen LogP contribution in [-0.4, -0.2) is 5.97 Å². The SMILES string of the molecule is C/C=C(\OC(=O)c1ccccc1)c1ccccc1. The summed E-state index contributed by atoms with van der Waals surface area (Å²) in [5, 5.41) is 0. The molecule has 90 valence electrons. The lowest BCUT2D eigenvalue weighted by atomic mass is 10.2. The topological polar surface area (TPSA) is 26.3 Å². The predicted octanol–water partition coefficient (Wildman–Crippen LogP) is 3.90. The molecule has 0 bridgehead atoms. The van der Waals surface area contributed by atoms with E-state index >= 15 is 0 Å². The van der Waals surface area contributed by atoms with Crippen molar-refractivity contribution in [2.24, 2.45) is 0 Å². The van der Waals surface area contributed by atoms with Crippen molar-refractivity contribution in [1.29, 1.82) is 0 Å². The van der Waals surface area contributed by atoms with Gasteiger partial charge in [0.2, 0.25) is 0 Å². The number of benzene rings is 2. The van der Waals surface area contributed by atoms with Crippen LogP contribution in [-0.2, 0) is 4.74 Å². The normalized spacial score (nSPS) is 11.1. The first kappa shape index (κ1) is 12.1. The Balaban J connectivity index is 2.16. The van der Waals surface area contributed by atoms with E-state index in [4.69, 9.17) is 4.74 Å². The molecule has 0 aliphatic carbocycles. The van der Waals surface area contributed by atoms with Crippen LogP contribution in [0.4, 0.5) is 0 Å². The third kappa shape index (κ3) is 2.86. The van der Waals surface area contributed by atoms with Gasteiger partial charge in [-0.05, 0) is 25.1 Å². The first-order valence-electron chi connectivity index (χ1n) is 5.80. The molecule has 2 nitrogen and oxygen atoms in total. The van der Waals surface area contributed by atoms with Gasteiger partial charge in [0, 0.05) is 5.56 Å². The Labute approximate surface area is 107 Å². The van der Waals surface area contributed by atoms with Crippen molar-refractivity contribution in [3.8, 4) is 0 Å². The molecule has 2 heteroatoms. The van der Waals surface area contributed by atoms with Crippen LogP contribution in [0.2, 0.25) is 0 Å². The average Bonchev–Trinajstić information content (AvgIpc) is 2.46. The number of hydrogen-bond acceptors (Lipinski definition) is 2. The van der Waals surface area contributed by atoms with E-state index in [1.165, 1.54) is 0 Å². The molecule has 2 aromatic carbocycles. The summed E-state index contributed by atoms with van der Waals surface area (Å²) in [5.74, 6) is 0.233. The van der Waals surface area contributed by atoms with Gasteiger partial charge in [0.15, 0.2) is 0 Å². The van der Waals surface area contributed by atoms with Crippen LogP contribution in [0.1, 0.15) is 22.8 Å². The molecule has 0 spiro atoms. The van der Waals surface area contributed by atoms with E-state index in [9.17, 15) is 4.79 Å². The highest BCUT2D eigenvalue weighted by atomic mass is 16.5. The molecule has 0 unspecified atom stereocenters. The third-order valence-electron chi connectivity index (χ3n) is 2.53. The van der Waals surface area contributed by atoms with Gasteiger partial charge in [-0.3, -0.25) is 0 Å². The highest BCUT2D eigenvalue weighted by molar-refractivity contribution is 5.92. The molecule has 0 heterocycles. The first-order valence-corrected chi connectivity index (χ1v) is 5.80. The van der Waals surface area contributed by atoms with Gasteiger partial charge in [-0.25, -0.2) is 4.79 Å². The third-order valence-corrected chi connectivity index (χ3v) is 2.53. The summed E-state index contributed by atoms with van der Waals surface area (Å²) in [7, 11) is 0. The molecule has 0 aromatic heterocycles. The maximum Gasteiger partial charge on any atom is 0.343 e. The van der Waals surface area contributed by atoms with E-state index < -0.39 is 0 Å². The van der Waals surface area contributed by atoms with Crippen molar-refractivity contribution in [3.63, 3.8) is 0 Å². The largest absolute Gasteiger partial charge is 0.423 e. The van der Waals surface area contributed by atoms with Gasteiger partial charge in [-0.2, -0.15) is 0 Å². The molecule has 0 aliphatic heterocycles. The number of carbonyl (C=O) groups is 1. The smallest absolute Gasteiger partial charge is 0.343 e. The Morgan fingerprint density at radius 3 is 1.89 bits per heavy atom. The monoisotopic (exact) mass is 238 g/mol. The number of esters is 1. The molecule has 0 fully saturated rings. The van der Waals surface area contributed by atoms with Crippen molar-refractivity contribution >= 4 is 11.7 Å². The highest BCUT2D eigenvalue weighted by Crippen LogP contribution is 2.17. The zero-order valence-corrected chi connectivity index (χ0v) is 10.2. The van der Waals surface area contributed by atoms with E-state index in [-0.39, 0.29) is 5.97 Å². The lowest BCUT2D eigenvalue weighted by Gasteiger charge is -2.08. The molecule has 0 aliphatic rings. The van der Waals surface area contributed by atoms with Crippen LogP contribution in [0, 0.1) is 0 Å². The summed E-state index contributed by atoms with van der Waals surface area (Å²) >= 11 is 0. The Morgan fingerprint density at radius 2 is 1.39 bits per heavy atom. The molecule has 0 radical (unpaired) electrons. The Morgan fingerprint density at radius 1 is 0.889 bits per heavy atom. The number of ether oxygens (including phenoxy) is 1. The van der Waals surface area contributed by atoms with Gasteiger partial charge in [0.25, 0.3) is 0 Å². The minimum Gasteiger partial charge on any atom is -0.423 e. The summed E-state index contributed by atoms with van der Waals surface area (Å²) in [4.78, 5) is 11.9. The van der Waals surface area contributed by atoms with Crippen molar-refractivity contribution in [2.75, 3.05) is 0 Å². The molecule has 2 aromatic rings. The number of rotatable bonds is 3. The lowest BCUT2D eigenvalue weighted by molar-refractivity contribution is 0.0692. The molecule has 0 amide bonds. The van der Waals surface area contributed by atoms with Crippen LogP contribution < -0.4 is 0 Å². The second-order valence-corrected chi connectivity index (χ2v) is 3.77. The molecular weight excluding hydrogens is 224 g/mol. The average molecular weight is 238 g/mol. The van der Waals surface area contributed by atoms with E-state index in [1.807, 2.05) is 55.5 Å². The zero-order valence-electron chi connectivity index (χ0n) is 10.2. The van der Waals surface area contributed by atoms with E-state index in [2.05, 4.69) is 0 Å². The Bertz CT molecular complexity index is 542. The molecule has 0 saturated carbocycles. The Kier molecular flexibility index (Phi) is 3.92. The van der Waals surface area contributed by atoms with Crippen LogP contribution in [0.5, 0.6) is 0 Å². The van der Waals surface area contributed by atoms with Crippen LogP contribution in [0.3, 0.4) is 0 Å². The van der Waals surface area contributed by atoms with Gasteiger partial charge in [0.05, 0.1) is 5.56 Å². The molecule has 0 atom stereocenters. The lowest BCUT2D eigenvalue weighted by Crippen LogP contribution is -2.04. The number of hydrogen-bond donors (Lipinski definition) is 0. The maximum absolute atomic E-state index is 11.9. The fourth-order valence-corrected chi connectivity index (χ4v) is 1.62. The van der Waals surface area contributed by atoms with Crippen molar-refractivity contribution in [3.05, 3.63) is 77.9 Å². The fraction of sp³-hybridized carbons (Fsp3) is 0.0625. The minimum atomic E-state index is -0.340. The summed E-state index contributed by atoms with van der Waals surface area (Å²) in [6.45, 7) is 1.85. The van der Waals surface area contributed by atoms with E-state index in [0.717, 1.165) is 5.56 Å². The van der Waals surface area contributed by atoms with Crippen molar-refractivity contribution in [2.45, 2.75) is 6.92 Å². The fourth-order valence-electron chi connectivity index (χ4n) is 1.62. The standard InChI is InChI=1S/C16H14O2/c1-2-15(13-9-5-3-6-10-13)18-16(17)14-11-7-4-8-12-14/h2-12H,1H3/b15-2-.